The number of carboxylic acids is 1. The molecule has 3 atom stereocenters. The fraction of sp³-hybridized carbons (Fsp3) is 0.360. The van der Waals surface area contributed by atoms with E-state index < -0.39 is 41.9 Å². The Hall–Kier alpha value is -3.88. The molecule has 34 heavy (non-hydrogen) atoms. The highest BCUT2D eigenvalue weighted by atomic mass is 16.5. The lowest BCUT2D eigenvalue weighted by molar-refractivity contribution is -0.147. The summed E-state index contributed by atoms with van der Waals surface area (Å²) >= 11 is 0. The number of esters is 1. The first-order valence-corrected chi connectivity index (χ1v) is 11.0. The van der Waals surface area contributed by atoms with Gasteiger partial charge in [-0.1, -0.05) is 67.6 Å². The van der Waals surface area contributed by atoms with E-state index >= 15 is 0 Å². The molecule has 0 spiro atoms. The molecule has 0 fully saturated rings. The van der Waals surface area contributed by atoms with E-state index in [0.29, 0.717) is 0 Å². The number of aliphatic carboxylic acids is 1. The minimum absolute atomic E-state index is 0.0146. The Morgan fingerprint density at radius 1 is 0.882 bits per heavy atom. The van der Waals surface area contributed by atoms with E-state index in [0.717, 1.165) is 11.1 Å². The van der Waals surface area contributed by atoms with Crippen molar-refractivity contribution >= 4 is 23.9 Å². The van der Waals surface area contributed by atoms with Crippen LogP contribution in [0.25, 0.3) is 0 Å². The van der Waals surface area contributed by atoms with Crippen molar-refractivity contribution in [2.24, 2.45) is 5.92 Å². The molecular formula is C25H30N2O7. The lowest BCUT2D eigenvalue weighted by Gasteiger charge is -2.24. The molecule has 0 saturated heterocycles. The standard InChI is InChI=1S/C25H30N2O7/c1-3-33-21(28)14-17(2)22(24(30)31)27-23(29)20(15-18-10-6-4-7-11-18)26-25(32)34-16-19-12-8-5-9-13-19/h4-13,17,20,22H,3,14-16H2,1-2H3,(H,26,32)(H,27,29)(H,30,31)/t17-,20-,22-/m1/s1. The van der Waals surface area contributed by atoms with E-state index in [4.69, 9.17) is 9.47 Å². The molecule has 0 aliphatic rings. The van der Waals surface area contributed by atoms with Crippen LogP contribution < -0.4 is 10.6 Å². The van der Waals surface area contributed by atoms with Crippen LogP contribution in [0.3, 0.4) is 0 Å². The Balaban J connectivity index is 2.09. The number of alkyl carbamates (subject to hydrolysis) is 1. The van der Waals surface area contributed by atoms with E-state index in [-0.39, 0.29) is 26.1 Å². The van der Waals surface area contributed by atoms with Gasteiger partial charge in [0.05, 0.1) is 13.0 Å². The van der Waals surface area contributed by atoms with Crippen molar-refractivity contribution in [3.8, 4) is 0 Å². The van der Waals surface area contributed by atoms with Crippen molar-refractivity contribution in [2.45, 2.75) is 45.4 Å². The number of hydrogen-bond donors (Lipinski definition) is 3. The average Bonchev–Trinajstić information content (AvgIpc) is 2.81. The van der Waals surface area contributed by atoms with E-state index in [1.165, 1.54) is 6.92 Å². The van der Waals surface area contributed by atoms with E-state index in [9.17, 15) is 24.3 Å². The molecule has 2 aromatic rings. The molecule has 2 rings (SSSR count). The van der Waals surface area contributed by atoms with Crippen molar-refractivity contribution in [3.63, 3.8) is 0 Å². The average molecular weight is 471 g/mol. The van der Waals surface area contributed by atoms with Gasteiger partial charge in [0.1, 0.15) is 18.7 Å². The number of carbonyl (C=O) groups is 4. The zero-order valence-electron chi connectivity index (χ0n) is 19.2. The Labute approximate surface area is 198 Å². The van der Waals surface area contributed by atoms with Gasteiger partial charge in [-0.25, -0.2) is 9.59 Å². The molecule has 0 bridgehead atoms. The lowest BCUT2D eigenvalue weighted by Crippen LogP contribution is -2.54. The fourth-order valence-electron chi connectivity index (χ4n) is 3.27. The molecule has 0 aromatic heterocycles. The largest absolute Gasteiger partial charge is 0.480 e. The summed E-state index contributed by atoms with van der Waals surface area (Å²) < 4.78 is 10.1. The normalized spacial score (nSPS) is 13.1. The molecule has 0 heterocycles. The van der Waals surface area contributed by atoms with Crippen molar-refractivity contribution in [1.29, 1.82) is 0 Å². The third-order valence-electron chi connectivity index (χ3n) is 5.03. The highest BCUT2D eigenvalue weighted by molar-refractivity contribution is 5.89. The maximum absolute atomic E-state index is 13.0. The van der Waals surface area contributed by atoms with Gasteiger partial charge in [-0.05, 0) is 24.0 Å². The molecule has 2 amide bonds. The number of amides is 2. The van der Waals surface area contributed by atoms with Crippen molar-refractivity contribution in [1.82, 2.24) is 10.6 Å². The molecule has 9 heteroatoms. The monoisotopic (exact) mass is 470 g/mol. The molecule has 0 aliphatic carbocycles. The first-order valence-electron chi connectivity index (χ1n) is 11.0. The number of carbonyl (C=O) groups excluding carboxylic acids is 3. The van der Waals surface area contributed by atoms with Gasteiger partial charge in [0.15, 0.2) is 0 Å². The summed E-state index contributed by atoms with van der Waals surface area (Å²) in [6.07, 6.45) is -0.876. The first-order chi connectivity index (χ1) is 16.3. The number of hydrogen-bond acceptors (Lipinski definition) is 6. The molecular weight excluding hydrogens is 440 g/mol. The third-order valence-corrected chi connectivity index (χ3v) is 5.03. The Morgan fingerprint density at radius 3 is 2.03 bits per heavy atom. The second-order valence-corrected chi connectivity index (χ2v) is 7.76. The van der Waals surface area contributed by atoms with Crippen LogP contribution in [-0.2, 0) is 36.9 Å². The van der Waals surface area contributed by atoms with Gasteiger partial charge in [-0.3, -0.25) is 9.59 Å². The smallest absolute Gasteiger partial charge is 0.408 e. The van der Waals surface area contributed by atoms with E-state index in [1.54, 1.807) is 43.3 Å². The van der Waals surface area contributed by atoms with Crippen LogP contribution in [0.1, 0.15) is 31.4 Å². The first kappa shape index (κ1) is 26.4. The van der Waals surface area contributed by atoms with E-state index in [1.807, 2.05) is 24.3 Å². The molecule has 0 saturated carbocycles. The summed E-state index contributed by atoms with van der Waals surface area (Å²) in [4.78, 5) is 49.0. The molecule has 2 aromatic carbocycles. The van der Waals surface area contributed by atoms with Crippen LogP contribution >= 0.6 is 0 Å². The summed E-state index contributed by atoms with van der Waals surface area (Å²) in [5, 5.41) is 14.6. The van der Waals surface area contributed by atoms with Gasteiger partial charge in [0, 0.05) is 6.42 Å². The number of nitrogens with one attached hydrogen (secondary N) is 2. The van der Waals surface area contributed by atoms with Crippen LogP contribution in [0.4, 0.5) is 4.79 Å². The summed E-state index contributed by atoms with van der Waals surface area (Å²) in [6.45, 7) is 3.37. The van der Waals surface area contributed by atoms with Crippen LogP contribution in [0, 0.1) is 5.92 Å². The van der Waals surface area contributed by atoms with Gasteiger partial charge in [0.25, 0.3) is 0 Å². The maximum Gasteiger partial charge on any atom is 0.408 e. The van der Waals surface area contributed by atoms with Gasteiger partial charge in [-0.2, -0.15) is 0 Å². The lowest BCUT2D eigenvalue weighted by atomic mass is 9.97. The van der Waals surface area contributed by atoms with Crippen LogP contribution in [0.15, 0.2) is 60.7 Å². The van der Waals surface area contributed by atoms with Crippen molar-refractivity contribution in [2.75, 3.05) is 6.61 Å². The molecule has 0 aliphatic heterocycles. The summed E-state index contributed by atoms with van der Waals surface area (Å²) in [5.74, 6) is -3.29. The molecule has 3 N–H and O–H groups in total. The topological polar surface area (TPSA) is 131 Å². The highest BCUT2D eigenvalue weighted by Crippen LogP contribution is 2.12. The van der Waals surface area contributed by atoms with Gasteiger partial charge >= 0.3 is 18.0 Å². The highest BCUT2D eigenvalue weighted by Gasteiger charge is 2.32. The summed E-state index contributed by atoms with van der Waals surface area (Å²) in [7, 11) is 0. The quantitative estimate of drug-likeness (QED) is 0.407. The Morgan fingerprint density at radius 2 is 1.47 bits per heavy atom. The molecule has 0 radical (unpaired) electrons. The Bertz CT molecular complexity index is 950. The van der Waals surface area contributed by atoms with Crippen LogP contribution in [0.2, 0.25) is 0 Å². The third kappa shape index (κ3) is 8.93. The van der Waals surface area contributed by atoms with Crippen LogP contribution in [-0.4, -0.2) is 47.7 Å². The zero-order valence-corrected chi connectivity index (χ0v) is 19.2. The van der Waals surface area contributed by atoms with Gasteiger partial charge in [-0.15, -0.1) is 0 Å². The molecule has 0 unspecified atom stereocenters. The van der Waals surface area contributed by atoms with Gasteiger partial charge < -0.3 is 25.2 Å². The van der Waals surface area contributed by atoms with Crippen molar-refractivity contribution in [3.05, 3.63) is 71.8 Å². The maximum atomic E-state index is 13.0. The number of rotatable bonds is 12. The Kier molecular flexibility index (Phi) is 10.6. The summed E-state index contributed by atoms with van der Waals surface area (Å²) in [5.41, 5.74) is 1.54. The molecule has 182 valence electrons. The minimum Gasteiger partial charge on any atom is -0.480 e. The van der Waals surface area contributed by atoms with Crippen LogP contribution in [0.5, 0.6) is 0 Å². The second kappa shape index (κ2) is 13.6. The van der Waals surface area contributed by atoms with Crippen molar-refractivity contribution < 1.29 is 33.8 Å². The fourth-order valence-corrected chi connectivity index (χ4v) is 3.27. The molecule has 9 nitrogen and oxygen atoms in total. The predicted octanol–water partition coefficient (Wildman–Crippen LogP) is 2.68. The number of carboxylic acid groups (broad SMARTS) is 1. The minimum atomic E-state index is -1.35. The second-order valence-electron chi connectivity index (χ2n) is 7.76. The SMILES string of the molecule is CCOC(=O)C[C@@H](C)[C@@H](NC(=O)[C@@H](Cc1ccccc1)NC(=O)OCc1ccccc1)C(=O)O. The predicted molar refractivity (Wildman–Crippen MR) is 124 cm³/mol. The number of benzene rings is 2. The number of ether oxygens (including phenoxy) is 2. The summed E-state index contributed by atoms with van der Waals surface area (Å²) in [6, 6.07) is 15.6. The zero-order chi connectivity index (χ0) is 24.9. The van der Waals surface area contributed by atoms with Gasteiger partial charge in [0.2, 0.25) is 5.91 Å². The van der Waals surface area contributed by atoms with E-state index in [2.05, 4.69) is 10.6 Å².